The third-order valence-corrected chi connectivity index (χ3v) is 9.62. The number of phenolic OH excluding ortho intramolecular Hbond substituents is 1. The number of aromatic hydroxyl groups is 1. The molecule has 3 aromatic heterocycles. The van der Waals surface area contributed by atoms with Crippen molar-refractivity contribution in [3.8, 4) is 56.7 Å². The lowest BCUT2D eigenvalue weighted by Gasteiger charge is -2.12. The van der Waals surface area contributed by atoms with Gasteiger partial charge in [0.05, 0.1) is 16.9 Å². The Morgan fingerprint density at radius 2 is 1.31 bits per heavy atom. The topological polar surface area (TPSA) is 73.3 Å². The second-order valence-electron chi connectivity index (χ2n) is 12.8. The second-order valence-corrected chi connectivity index (χ2v) is 12.8. The first-order valence-corrected chi connectivity index (χ1v) is 17.1. The second kappa shape index (κ2) is 12.0. The van der Waals surface area contributed by atoms with Crippen LogP contribution in [0.4, 0.5) is 0 Å². The Bertz CT molecular complexity index is 2950. The normalized spacial score (nSPS) is 11.5. The molecule has 52 heavy (non-hydrogen) atoms. The fourth-order valence-electron chi connectivity index (χ4n) is 7.12. The monoisotopic (exact) mass is 671 g/mol. The van der Waals surface area contributed by atoms with Crippen molar-refractivity contribution < 1.29 is 14.3 Å². The molecule has 0 saturated heterocycles. The summed E-state index contributed by atoms with van der Waals surface area (Å²) in [7, 11) is 0. The number of nitrogens with zero attached hydrogens (tertiary/aromatic N) is 3. The van der Waals surface area contributed by atoms with E-state index in [1.54, 1.807) is 6.07 Å². The lowest BCUT2D eigenvalue weighted by Crippen LogP contribution is -1.98. The zero-order chi connectivity index (χ0) is 34.6. The molecule has 6 nitrogen and oxygen atoms in total. The summed E-state index contributed by atoms with van der Waals surface area (Å²) in [4.78, 5) is 10.1. The quantitative estimate of drug-likeness (QED) is 0.190. The van der Waals surface area contributed by atoms with Crippen LogP contribution < -0.4 is 4.74 Å². The predicted octanol–water partition coefficient (Wildman–Crippen LogP) is 12.0. The first-order valence-electron chi connectivity index (χ1n) is 17.1. The zero-order valence-corrected chi connectivity index (χ0v) is 27.8. The van der Waals surface area contributed by atoms with Crippen molar-refractivity contribution in [2.75, 3.05) is 0 Å². The fourth-order valence-corrected chi connectivity index (χ4v) is 7.12. The maximum Gasteiger partial charge on any atom is 0.307 e. The molecule has 6 heteroatoms. The largest absolute Gasteiger partial charge is 0.504 e. The molecule has 0 aliphatic rings. The number of phenols is 1. The summed E-state index contributed by atoms with van der Waals surface area (Å²) in [5.74, 6) is 0.167. The highest BCUT2D eigenvalue weighted by Gasteiger charge is 2.23. The van der Waals surface area contributed by atoms with Gasteiger partial charge in [0.1, 0.15) is 11.1 Å². The van der Waals surface area contributed by atoms with Crippen LogP contribution in [-0.4, -0.2) is 19.6 Å². The Morgan fingerprint density at radius 3 is 2.17 bits per heavy atom. The summed E-state index contributed by atoms with van der Waals surface area (Å²) in [6, 6.07) is 55.1. The van der Waals surface area contributed by atoms with E-state index in [9.17, 15) is 5.11 Å². The minimum atomic E-state index is -0.0402. The molecule has 1 N–H and O–H groups in total. The van der Waals surface area contributed by atoms with Crippen molar-refractivity contribution in [1.82, 2.24) is 14.5 Å². The van der Waals surface area contributed by atoms with E-state index in [1.807, 2.05) is 95.7 Å². The van der Waals surface area contributed by atoms with E-state index in [4.69, 9.17) is 19.1 Å². The Hall–Kier alpha value is -7.18. The van der Waals surface area contributed by atoms with Crippen LogP contribution in [-0.2, 0) is 0 Å². The van der Waals surface area contributed by atoms with Gasteiger partial charge in [-0.3, -0.25) is 9.55 Å². The summed E-state index contributed by atoms with van der Waals surface area (Å²) in [5.41, 5.74) is 9.62. The highest BCUT2D eigenvalue weighted by atomic mass is 16.5. The standard InChI is InChI=1S/C46H29N3O3/c50-41-23-22-38-37-18-9-10-21-42(37)51-44(38)45(41)52-46-48-43-36(19-11-20-40(43)49(46)35-16-5-2-6-17-35)33-24-32(29-12-3-1-4-13-29)25-34(26-33)39-27-30-14-7-8-15-31(30)28-47-39/h1-28,50H. The van der Waals surface area contributed by atoms with Gasteiger partial charge < -0.3 is 14.3 Å². The Balaban J connectivity index is 1.19. The molecule has 10 aromatic rings. The number of rotatable bonds is 6. The molecule has 3 heterocycles. The maximum atomic E-state index is 11.2. The number of furan rings is 1. The number of hydrogen-bond acceptors (Lipinski definition) is 5. The van der Waals surface area contributed by atoms with Gasteiger partial charge in [0, 0.05) is 33.5 Å². The molecule has 7 aromatic carbocycles. The molecule has 246 valence electrons. The molecule has 0 fully saturated rings. The van der Waals surface area contributed by atoms with Crippen LogP contribution in [0.1, 0.15) is 0 Å². The number of benzene rings is 7. The molecule has 0 unspecified atom stereocenters. The van der Waals surface area contributed by atoms with Gasteiger partial charge in [-0.15, -0.1) is 0 Å². The smallest absolute Gasteiger partial charge is 0.307 e. The predicted molar refractivity (Wildman–Crippen MR) is 208 cm³/mol. The molecule has 0 aliphatic heterocycles. The van der Waals surface area contributed by atoms with Gasteiger partial charge in [-0.1, -0.05) is 103 Å². The van der Waals surface area contributed by atoms with E-state index in [0.29, 0.717) is 17.2 Å². The zero-order valence-electron chi connectivity index (χ0n) is 27.8. The minimum absolute atomic E-state index is 0.0402. The van der Waals surface area contributed by atoms with Crippen LogP contribution in [0.3, 0.4) is 0 Å². The van der Waals surface area contributed by atoms with E-state index in [2.05, 4.69) is 72.8 Å². The highest BCUT2D eigenvalue weighted by Crippen LogP contribution is 2.44. The number of ether oxygens (including phenoxy) is 1. The molecule has 0 saturated carbocycles. The molecule has 0 bridgehead atoms. The molecule has 10 rings (SSSR count). The third-order valence-electron chi connectivity index (χ3n) is 9.62. The number of pyridine rings is 1. The maximum absolute atomic E-state index is 11.2. The number of aromatic nitrogens is 3. The van der Waals surface area contributed by atoms with Crippen molar-refractivity contribution in [2.24, 2.45) is 0 Å². The van der Waals surface area contributed by atoms with Gasteiger partial charge in [0.2, 0.25) is 5.75 Å². The van der Waals surface area contributed by atoms with Gasteiger partial charge in [0.25, 0.3) is 0 Å². The average molecular weight is 672 g/mol. The van der Waals surface area contributed by atoms with Crippen molar-refractivity contribution in [3.63, 3.8) is 0 Å². The number of para-hydroxylation sites is 3. The molecule has 0 aliphatic carbocycles. The van der Waals surface area contributed by atoms with E-state index < -0.39 is 0 Å². The Labute approximate surface area is 298 Å². The van der Waals surface area contributed by atoms with Gasteiger partial charge in [-0.25, -0.2) is 0 Å². The summed E-state index contributed by atoms with van der Waals surface area (Å²) < 4.78 is 14.9. The number of imidazole rings is 1. The van der Waals surface area contributed by atoms with E-state index in [1.165, 1.54) is 0 Å². The first-order chi connectivity index (χ1) is 25.7. The van der Waals surface area contributed by atoms with Crippen molar-refractivity contribution in [1.29, 1.82) is 0 Å². The third kappa shape index (κ3) is 4.96. The molecule has 0 spiro atoms. The lowest BCUT2D eigenvalue weighted by atomic mass is 9.94. The van der Waals surface area contributed by atoms with Crippen LogP contribution >= 0.6 is 0 Å². The number of fused-ring (bicyclic) bond motifs is 5. The Morgan fingerprint density at radius 1 is 0.577 bits per heavy atom. The summed E-state index contributed by atoms with van der Waals surface area (Å²) in [6.45, 7) is 0. The van der Waals surface area contributed by atoms with Crippen molar-refractivity contribution in [3.05, 3.63) is 170 Å². The molecule has 0 atom stereocenters. The first kappa shape index (κ1) is 29.7. The number of hydrogen-bond donors (Lipinski definition) is 1. The van der Waals surface area contributed by atoms with Crippen molar-refractivity contribution in [2.45, 2.75) is 0 Å². The lowest BCUT2D eigenvalue weighted by molar-refractivity contribution is 0.388. The van der Waals surface area contributed by atoms with Gasteiger partial charge in [-0.2, -0.15) is 4.98 Å². The van der Waals surface area contributed by atoms with Gasteiger partial charge >= 0.3 is 6.01 Å². The van der Waals surface area contributed by atoms with Crippen LogP contribution in [0.2, 0.25) is 0 Å². The Kier molecular flexibility index (Phi) is 6.86. The summed E-state index contributed by atoms with van der Waals surface area (Å²) in [6.07, 6.45) is 1.93. The van der Waals surface area contributed by atoms with Crippen LogP contribution in [0.5, 0.6) is 17.5 Å². The fraction of sp³-hybridized carbons (Fsp3) is 0. The molecule has 0 amide bonds. The van der Waals surface area contributed by atoms with Crippen LogP contribution in [0, 0.1) is 0 Å². The highest BCUT2D eigenvalue weighted by molar-refractivity contribution is 6.07. The average Bonchev–Trinajstić information content (AvgIpc) is 3.77. The van der Waals surface area contributed by atoms with E-state index in [-0.39, 0.29) is 11.5 Å². The van der Waals surface area contributed by atoms with Crippen molar-refractivity contribution >= 4 is 43.7 Å². The van der Waals surface area contributed by atoms with Gasteiger partial charge in [0.15, 0.2) is 11.3 Å². The van der Waals surface area contributed by atoms with E-state index >= 15 is 0 Å². The molecular weight excluding hydrogens is 643 g/mol. The summed E-state index contributed by atoms with van der Waals surface area (Å²) in [5, 5.41) is 15.2. The SMILES string of the molecule is Oc1ccc2c(oc3ccccc32)c1Oc1nc2c(-c3cc(-c4ccccc4)cc(-c4cc5ccccc5cn4)c3)cccc2n1-c1ccccc1. The van der Waals surface area contributed by atoms with Crippen LogP contribution in [0.15, 0.2) is 174 Å². The van der Waals surface area contributed by atoms with Crippen LogP contribution in [0.25, 0.3) is 82.9 Å². The summed E-state index contributed by atoms with van der Waals surface area (Å²) >= 11 is 0. The molecular formula is C46H29N3O3. The minimum Gasteiger partial charge on any atom is -0.504 e. The van der Waals surface area contributed by atoms with Gasteiger partial charge in [-0.05, 0) is 82.7 Å². The molecule has 0 radical (unpaired) electrons. The van der Waals surface area contributed by atoms with E-state index in [0.717, 1.165) is 71.8 Å².